The highest BCUT2D eigenvalue weighted by Gasteiger charge is 2.23. The van der Waals surface area contributed by atoms with E-state index >= 15 is 0 Å². The average molecular weight is 171 g/mol. The molecule has 4 nitrogen and oxygen atoms in total. The summed E-state index contributed by atoms with van der Waals surface area (Å²) in [4.78, 5) is 11.1. The third-order valence-corrected chi connectivity index (χ3v) is 1.70. The Morgan fingerprint density at radius 1 is 1.67 bits per heavy atom. The second-order valence-corrected chi connectivity index (χ2v) is 2.90. The van der Waals surface area contributed by atoms with Crippen LogP contribution < -0.4 is 5.73 Å². The lowest BCUT2D eigenvalue weighted by Crippen LogP contribution is -2.32. The highest BCUT2D eigenvalue weighted by atomic mass is 16.4. The van der Waals surface area contributed by atoms with Crippen LogP contribution in [0, 0.1) is 6.92 Å². The lowest BCUT2D eigenvalue weighted by molar-refractivity contribution is -0.120. The number of rotatable bonds is 5. The van der Waals surface area contributed by atoms with Gasteiger partial charge in [-0.15, -0.1) is 0 Å². The molecule has 5 heteroatoms. The molecule has 0 aliphatic carbocycles. The first-order valence-electron chi connectivity index (χ1n) is 3.83. The SMILES string of the molecule is [CH]C[C@H](N)C(=O)C[C@@H](C)B(O)O. The Labute approximate surface area is 72.9 Å². The summed E-state index contributed by atoms with van der Waals surface area (Å²) in [5.74, 6) is -0.729. The fourth-order valence-corrected chi connectivity index (χ4v) is 0.706. The van der Waals surface area contributed by atoms with Gasteiger partial charge in [-0.25, -0.2) is 0 Å². The lowest BCUT2D eigenvalue weighted by atomic mass is 9.71. The van der Waals surface area contributed by atoms with Crippen LogP contribution in [-0.4, -0.2) is 29.0 Å². The van der Waals surface area contributed by atoms with E-state index in [1.165, 1.54) is 0 Å². The zero-order valence-corrected chi connectivity index (χ0v) is 7.10. The van der Waals surface area contributed by atoms with Crippen LogP contribution in [0.1, 0.15) is 19.8 Å². The number of carbonyl (C=O) groups is 1. The van der Waals surface area contributed by atoms with E-state index in [0.29, 0.717) is 0 Å². The van der Waals surface area contributed by atoms with Crippen molar-refractivity contribution < 1.29 is 14.8 Å². The first kappa shape index (κ1) is 11.6. The molecule has 2 atom stereocenters. The largest absolute Gasteiger partial charge is 0.454 e. The maximum Gasteiger partial charge on any atom is 0.454 e. The molecule has 0 amide bonds. The molecule has 0 saturated carbocycles. The third-order valence-electron chi connectivity index (χ3n) is 1.70. The molecule has 0 aromatic rings. The van der Waals surface area contributed by atoms with Crippen LogP contribution in [0.3, 0.4) is 0 Å². The molecule has 0 spiro atoms. The molecule has 12 heavy (non-hydrogen) atoms. The standard InChI is InChI=1S/C7H14BNO3/c1-3-6(9)7(10)4-5(2)8(11)12/h1,5-6,11-12H,3-4,9H2,2H3/t5-,6+/m1/s1. The molecule has 0 heterocycles. The summed E-state index contributed by atoms with van der Waals surface area (Å²) in [7, 11) is -1.47. The molecule has 2 radical (unpaired) electrons. The third kappa shape index (κ3) is 3.85. The molecule has 4 N–H and O–H groups in total. The van der Waals surface area contributed by atoms with Crippen molar-refractivity contribution in [3.05, 3.63) is 6.92 Å². The molecular formula is C7H14BNO3. The highest BCUT2D eigenvalue weighted by molar-refractivity contribution is 6.43. The Hall–Kier alpha value is -0.385. The van der Waals surface area contributed by atoms with Gasteiger partial charge in [0.05, 0.1) is 6.04 Å². The Kier molecular flexibility index (Phi) is 5.12. The van der Waals surface area contributed by atoms with Crippen LogP contribution in [0.4, 0.5) is 0 Å². The number of hydrogen-bond donors (Lipinski definition) is 3. The molecule has 0 aliphatic heterocycles. The van der Waals surface area contributed by atoms with Crippen molar-refractivity contribution in [1.82, 2.24) is 0 Å². The van der Waals surface area contributed by atoms with Crippen LogP contribution in [0.25, 0.3) is 0 Å². The van der Waals surface area contributed by atoms with E-state index in [2.05, 4.69) is 0 Å². The minimum Gasteiger partial charge on any atom is -0.427 e. The van der Waals surface area contributed by atoms with E-state index in [1.54, 1.807) is 6.92 Å². The molecule has 0 rings (SSSR count). The zero-order chi connectivity index (χ0) is 9.72. The van der Waals surface area contributed by atoms with E-state index in [4.69, 9.17) is 22.7 Å². The number of ketones is 1. The highest BCUT2D eigenvalue weighted by Crippen LogP contribution is 2.12. The quantitative estimate of drug-likeness (QED) is 0.474. The van der Waals surface area contributed by atoms with Crippen molar-refractivity contribution in [2.24, 2.45) is 5.73 Å². The summed E-state index contributed by atoms with van der Waals surface area (Å²) in [5, 5.41) is 17.3. The van der Waals surface area contributed by atoms with Gasteiger partial charge in [0.2, 0.25) is 0 Å². The van der Waals surface area contributed by atoms with Gasteiger partial charge in [-0.1, -0.05) is 6.92 Å². The fraction of sp³-hybridized carbons (Fsp3) is 0.714. The van der Waals surface area contributed by atoms with Crippen LogP contribution in [0.15, 0.2) is 0 Å². The fourth-order valence-electron chi connectivity index (χ4n) is 0.706. The summed E-state index contributed by atoms with van der Waals surface area (Å²) < 4.78 is 0. The molecule has 0 aromatic carbocycles. The predicted molar refractivity (Wildman–Crippen MR) is 46.1 cm³/mol. The molecule has 68 valence electrons. The van der Waals surface area contributed by atoms with Gasteiger partial charge in [0.1, 0.15) is 5.78 Å². The van der Waals surface area contributed by atoms with Gasteiger partial charge in [-0.2, -0.15) is 0 Å². The Morgan fingerprint density at radius 2 is 2.17 bits per heavy atom. The molecule has 0 bridgehead atoms. The van der Waals surface area contributed by atoms with E-state index in [-0.39, 0.29) is 18.6 Å². The minimum atomic E-state index is -1.47. The first-order valence-corrected chi connectivity index (χ1v) is 3.83. The van der Waals surface area contributed by atoms with Crippen LogP contribution in [0.5, 0.6) is 0 Å². The summed E-state index contributed by atoms with van der Waals surface area (Å²) in [5.41, 5.74) is 5.33. The van der Waals surface area contributed by atoms with Gasteiger partial charge in [-0.3, -0.25) is 4.79 Å². The summed E-state index contributed by atoms with van der Waals surface area (Å²) in [6, 6.07) is -0.689. The van der Waals surface area contributed by atoms with Gasteiger partial charge in [0.25, 0.3) is 0 Å². The Balaban J connectivity index is 3.84. The van der Waals surface area contributed by atoms with Gasteiger partial charge in [0, 0.05) is 6.42 Å². The normalized spacial score (nSPS) is 15.4. The van der Waals surface area contributed by atoms with Gasteiger partial charge in [-0.05, 0) is 19.2 Å². The van der Waals surface area contributed by atoms with Crippen molar-refractivity contribution >= 4 is 12.9 Å². The van der Waals surface area contributed by atoms with Gasteiger partial charge in [0.15, 0.2) is 0 Å². The van der Waals surface area contributed by atoms with E-state index in [9.17, 15) is 4.79 Å². The second kappa shape index (κ2) is 5.29. The second-order valence-electron chi connectivity index (χ2n) is 2.90. The minimum absolute atomic E-state index is 0.0516. The van der Waals surface area contributed by atoms with Crippen molar-refractivity contribution in [1.29, 1.82) is 0 Å². The van der Waals surface area contributed by atoms with E-state index < -0.39 is 19.0 Å². The average Bonchev–Trinajstić information content (AvgIpc) is 2.02. The lowest BCUT2D eigenvalue weighted by Gasteiger charge is -2.11. The van der Waals surface area contributed by atoms with Crippen molar-refractivity contribution in [2.75, 3.05) is 0 Å². The van der Waals surface area contributed by atoms with Crippen LogP contribution in [0.2, 0.25) is 5.82 Å². The summed E-state index contributed by atoms with van der Waals surface area (Å²) >= 11 is 0. The van der Waals surface area contributed by atoms with E-state index in [1.807, 2.05) is 0 Å². The molecule has 0 aliphatic rings. The molecule has 0 unspecified atom stereocenters. The smallest absolute Gasteiger partial charge is 0.427 e. The van der Waals surface area contributed by atoms with Gasteiger partial charge >= 0.3 is 7.12 Å². The van der Waals surface area contributed by atoms with Crippen molar-refractivity contribution in [2.45, 2.75) is 31.6 Å². The maximum absolute atomic E-state index is 11.1. The Morgan fingerprint density at radius 3 is 2.50 bits per heavy atom. The maximum atomic E-state index is 11.1. The predicted octanol–water partition coefficient (Wildman–Crippen LogP) is -0.763. The molecule has 0 fully saturated rings. The monoisotopic (exact) mass is 171 g/mol. The van der Waals surface area contributed by atoms with Crippen LogP contribution in [-0.2, 0) is 4.79 Å². The molecule has 0 aromatic heterocycles. The summed E-state index contributed by atoms with van der Waals surface area (Å²) in [6.07, 6.45) is 0.142. The molecule has 0 saturated heterocycles. The van der Waals surface area contributed by atoms with Gasteiger partial charge < -0.3 is 15.8 Å². The first-order chi connectivity index (χ1) is 5.49. The Bertz CT molecular complexity index is 152. The van der Waals surface area contributed by atoms with Crippen molar-refractivity contribution in [3.63, 3.8) is 0 Å². The molecular weight excluding hydrogens is 157 g/mol. The summed E-state index contributed by atoms with van der Waals surface area (Å²) in [6.45, 7) is 6.72. The zero-order valence-electron chi connectivity index (χ0n) is 7.10. The van der Waals surface area contributed by atoms with E-state index in [0.717, 1.165) is 0 Å². The van der Waals surface area contributed by atoms with Crippen molar-refractivity contribution in [3.8, 4) is 0 Å². The number of Topliss-reactive ketones (excluding diaryl/α,β-unsaturated/α-hetero) is 1. The number of hydrogen-bond acceptors (Lipinski definition) is 4. The van der Waals surface area contributed by atoms with Crippen LogP contribution >= 0.6 is 0 Å². The number of nitrogens with two attached hydrogens (primary N) is 1. The number of carbonyl (C=O) groups excluding carboxylic acids is 1. The topological polar surface area (TPSA) is 83.6 Å².